The molecule has 106 valence electrons. The van der Waals surface area contributed by atoms with E-state index < -0.39 is 11.7 Å². The zero-order valence-corrected chi connectivity index (χ0v) is 11.6. The van der Waals surface area contributed by atoms with Gasteiger partial charge in [0.15, 0.2) is 0 Å². The number of ether oxygens (including phenoxy) is 1. The van der Waals surface area contributed by atoms with Crippen molar-refractivity contribution >= 4 is 11.4 Å². The van der Waals surface area contributed by atoms with Crippen LogP contribution in [-0.2, 0) is 6.18 Å². The number of hydrogen-bond donors (Lipinski definition) is 0. The van der Waals surface area contributed by atoms with Crippen molar-refractivity contribution in [1.29, 1.82) is 0 Å². The SMILES string of the molecule is CCCC(C)=Nc1cc(OC)c(C(F)(F)F)cc1C. The van der Waals surface area contributed by atoms with Crippen molar-refractivity contribution in [2.45, 2.75) is 39.8 Å². The third-order valence-corrected chi connectivity index (χ3v) is 2.75. The predicted molar refractivity (Wildman–Crippen MR) is 70.4 cm³/mol. The molecule has 0 aliphatic rings. The second-order valence-electron chi connectivity index (χ2n) is 4.43. The van der Waals surface area contributed by atoms with E-state index >= 15 is 0 Å². The van der Waals surface area contributed by atoms with E-state index in [4.69, 9.17) is 4.74 Å². The molecule has 0 amide bonds. The number of rotatable bonds is 4. The van der Waals surface area contributed by atoms with E-state index in [2.05, 4.69) is 4.99 Å². The molecule has 5 heteroatoms. The lowest BCUT2D eigenvalue weighted by Crippen LogP contribution is -2.08. The maximum atomic E-state index is 12.8. The average Bonchev–Trinajstić information content (AvgIpc) is 2.30. The highest BCUT2D eigenvalue weighted by atomic mass is 19.4. The highest BCUT2D eigenvalue weighted by Gasteiger charge is 2.34. The Morgan fingerprint density at radius 3 is 2.42 bits per heavy atom. The van der Waals surface area contributed by atoms with Crippen LogP contribution in [0.25, 0.3) is 0 Å². The molecule has 0 spiro atoms. The van der Waals surface area contributed by atoms with Crippen molar-refractivity contribution in [2.75, 3.05) is 7.11 Å². The van der Waals surface area contributed by atoms with Gasteiger partial charge in [0, 0.05) is 11.8 Å². The molecule has 0 saturated heterocycles. The molecular formula is C14H18F3NO. The number of aliphatic imine (C=N–C) groups is 1. The quantitative estimate of drug-likeness (QED) is 0.714. The largest absolute Gasteiger partial charge is 0.496 e. The van der Waals surface area contributed by atoms with Gasteiger partial charge < -0.3 is 4.74 Å². The van der Waals surface area contributed by atoms with Crippen LogP contribution >= 0.6 is 0 Å². The molecule has 0 aliphatic heterocycles. The number of hydrogen-bond acceptors (Lipinski definition) is 2. The van der Waals surface area contributed by atoms with Crippen LogP contribution < -0.4 is 4.74 Å². The lowest BCUT2D eigenvalue weighted by atomic mass is 10.1. The normalized spacial score (nSPS) is 12.7. The number of nitrogens with zero attached hydrogens (tertiary/aromatic N) is 1. The predicted octanol–water partition coefficient (Wildman–Crippen LogP) is 4.91. The molecule has 1 aromatic carbocycles. The molecule has 0 unspecified atom stereocenters. The fourth-order valence-corrected chi connectivity index (χ4v) is 1.81. The van der Waals surface area contributed by atoms with E-state index in [9.17, 15) is 13.2 Å². The third-order valence-electron chi connectivity index (χ3n) is 2.75. The number of benzene rings is 1. The summed E-state index contributed by atoms with van der Waals surface area (Å²) in [6, 6.07) is 2.42. The Morgan fingerprint density at radius 2 is 1.95 bits per heavy atom. The lowest BCUT2D eigenvalue weighted by molar-refractivity contribution is -0.138. The Labute approximate surface area is 111 Å². The van der Waals surface area contributed by atoms with Gasteiger partial charge in [-0.3, -0.25) is 4.99 Å². The van der Waals surface area contributed by atoms with Crippen molar-refractivity contribution in [3.63, 3.8) is 0 Å². The molecule has 0 fully saturated rings. The van der Waals surface area contributed by atoms with Crippen LogP contribution in [0.2, 0.25) is 0 Å². The third kappa shape index (κ3) is 3.98. The highest BCUT2D eigenvalue weighted by molar-refractivity contribution is 5.85. The first-order valence-electron chi connectivity index (χ1n) is 6.09. The van der Waals surface area contributed by atoms with Gasteiger partial charge in [0.05, 0.1) is 18.4 Å². The molecule has 0 aromatic heterocycles. The Bertz CT molecular complexity index is 478. The molecule has 1 aromatic rings. The van der Waals surface area contributed by atoms with E-state index in [1.54, 1.807) is 6.92 Å². The average molecular weight is 273 g/mol. The van der Waals surface area contributed by atoms with Crippen LogP contribution in [0, 0.1) is 6.92 Å². The number of aryl methyl sites for hydroxylation is 1. The Hall–Kier alpha value is -1.52. The van der Waals surface area contributed by atoms with Crippen LogP contribution in [0.5, 0.6) is 5.75 Å². The van der Waals surface area contributed by atoms with Crippen molar-refractivity contribution in [1.82, 2.24) is 0 Å². The Balaban J connectivity index is 3.28. The second-order valence-corrected chi connectivity index (χ2v) is 4.43. The van der Waals surface area contributed by atoms with Crippen molar-refractivity contribution in [3.8, 4) is 5.75 Å². The molecule has 19 heavy (non-hydrogen) atoms. The monoisotopic (exact) mass is 273 g/mol. The van der Waals surface area contributed by atoms with Gasteiger partial charge in [-0.1, -0.05) is 13.3 Å². The molecule has 0 heterocycles. The first kappa shape index (κ1) is 15.5. The summed E-state index contributed by atoms with van der Waals surface area (Å²) in [7, 11) is 1.23. The van der Waals surface area contributed by atoms with Crippen molar-refractivity contribution in [3.05, 3.63) is 23.3 Å². The minimum atomic E-state index is -4.42. The molecule has 0 N–H and O–H groups in total. The van der Waals surface area contributed by atoms with Gasteiger partial charge in [-0.15, -0.1) is 0 Å². The highest BCUT2D eigenvalue weighted by Crippen LogP contribution is 2.39. The number of halogens is 3. The van der Waals surface area contributed by atoms with E-state index in [1.807, 2.05) is 13.8 Å². The number of methoxy groups -OCH3 is 1. The maximum Gasteiger partial charge on any atom is 0.419 e. The van der Waals surface area contributed by atoms with Gasteiger partial charge in [-0.25, -0.2) is 0 Å². The lowest BCUT2D eigenvalue weighted by Gasteiger charge is -2.14. The van der Waals surface area contributed by atoms with E-state index in [0.717, 1.165) is 24.6 Å². The molecule has 0 saturated carbocycles. The fourth-order valence-electron chi connectivity index (χ4n) is 1.81. The van der Waals surface area contributed by atoms with E-state index in [-0.39, 0.29) is 5.75 Å². The van der Waals surface area contributed by atoms with Crippen LogP contribution in [0.4, 0.5) is 18.9 Å². The van der Waals surface area contributed by atoms with Gasteiger partial charge in [-0.05, 0) is 31.9 Å². The number of alkyl halides is 3. The molecular weight excluding hydrogens is 255 g/mol. The molecule has 2 nitrogen and oxygen atoms in total. The summed E-state index contributed by atoms with van der Waals surface area (Å²) in [6.07, 6.45) is -2.65. The van der Waals surface area contributed by atoms with Crippen LogP contribution in [0.1, 0.15) is 37.8 Å². The topological polar surface area (TPSA) is 21.6 Å². The first-order valence-corrected chi connectivity index (χ1v) is 6.09. The summed E-state index contributed by atoms with van der Waals surface area (Å²) < 4.78 is 43.3. The molecule has 0 atom stereocenters. The van der Waals surface area contributed by atoms with Gasteiger partial charge >= 0.3 is 6.18 Å². The smallest absolute Gasteiger partial charge is 0.419 e. The van der Waals surface area contributed by atoms with Gasteiger partial charge in [-0.2, -0.15) is 13.2 Å². The summed E-state index contributed by atoms with van der Waals surface area (Å²) in [5, 5.41) is 0. The van der Waals surface area contributed by atoms with Crippen LogP contribution in [0.15, 0.2) is 17.1 Å². The van der Waals surface area contributed by atoms with Crippen molar-refractivity contribution in [2.24, 2.45) is 4.99 Å². The minimum Gasteiger partial charge on any atom is -0.496 e. The maximum absolute atomic E-state index is 12.8. The molecule has 0 aliphatic carbocycles. The summed E-state index contributed by atoms with van der Waals surface area (Å²) in [5.74, 6) is -0.193. The minimum absolute atomic E-state index is 0.193. The summed E-state index contributed by atoms with van der Waals surface area (Å²) in [5.41, 5.74) is 1.14. The zero-order valence-electron chi connectivity index (χ0n) is 11.6. The first-order chi connectivity index (χ1) is 8.79. The zero-order chi connectivity index (χ0) is 14.6. The van der Waals surface area contributed by atoms with Gasteiger partial charge in [0.2, 0.25) is 0 Å². The van der Waals surface area contributed by atoms with Crippen molar-refractivity contribution < 1.29 is 17.9 Å². The fraction of sp³-hybridized carbons (Fsp3) is 0.500. The molecule has 1 rings (SSSR count). The van der Waals surface area contributed by atoms with Gasteiger partial charge in [0.1, 0.15) is 5.75 Å². The summed E-state index contributed by atoms with van der Waals surface area (Å²) in [6.45, 7) is 5.51. The van der Waals surface area contributed by atoms with E-state index in [0.29, 0.717) is 11.3 Å². The van der Waals surface area contributed by atoms with Gasteiger partial charge in [0.25, 0.3) is 0 Å². The Morgan fingerprint density at radius 1 is 1.32 bits per heavy atom. The molecule has 0 bridgehead atoms. The summed E-state index contributed by atoms with van der Waals surface area (Å²) >= 11 is 0. The Kier molecular flexibility index (Phi) is 4.97. The summed E-state index contributed by atoms with van der Waals surface area (Å²) in [4.78, 5) is 4.35. The second kappa shape index (κ2) is 6.08. The van der Waals surface area contributed by atoms with E-state index in [1.165, 1.54) is 13.2 Å². The van der Waals surface area contributed by atoms with Crippen LogP contribution in [-0.4, -0.2) is 12.8 Å². The molecule has 0 radical (unpaired) electrons. The van der Waals surface area contributed by atoms with Crippen LogP contribution in [0.3, 0.4) is 0 Å². The standard InChI is InChI=1S/C14H18F3NO/c1-5-6-10(3)18-12-8-13(19-4)11(7-9(12)2)14(15,16)17/h7-8H,5-6H2,1-4H3.